The van der Waals surface area contributed by atoms with Crippen molar-refractivity contribution >= 4 is 11.6 Å². The summed E-state index contributed by atoms with van der Waals surface area (Å²) in [5.41, 5.74) is 2.35. The normalized spacial score (nSPS) is 22.2. The van der Waals surface area contributed by atoms with Crippen molar-refractivity contribution in [3.05, 3.63) is 64.8 Å². The number of pyridine rings is 1. The van der Waals surface area contributed by atoms with Gasteiger partial charge in [-0.2, -0.15) is 0 Å². The summed E-state index contributed by atoms with van der Waals surface area (Å²) >= 11 is 6.38. The van der Waals surface area contributed by atoms with Crippen LogP contribution < -0.4 is 4.74 Å². The fraction of sp³-hybridized carbons (Fsp3) is 0.423. The first kappa shape index (κ1) is 21.9. The van der Waals surface area contributed by atoms with Gasteiger partial charge in [-0.3, -0.25) is 9.47 Å². The molecule has 0 saturated heterocycles. The number of rotatable bonds is 5. The maximum Gasteiger partial charge on any atom is 0.213 e. The second kappa shape index (κ2) is 9.54. The molecule has 0 unspecified atom stereocenters. The Morgan fingerprint density at radius 3 is 2.76 bits per heavy atom. The van der Waals surface area contributed by atoms with Gasteiger partial charge in [-0.25, -0.2) is 4.98 Å². The highest BCUT2D eigenvalue weighted by Crippen LogP contribution is 2.37. The Labute approximate surface area is 200 Å². The Hall–Kier alpha value is -2.88. The van der Waals surface area contributed by atoms with E-state index < -0.39 is 0 Å². The van der Waals surface area contributed by atoms with Crippen LogP contribution in [0.5, 0.6) is 5.88 Å². The maximum atomic E-state index is 6.38. The first-order valence-corrected chi connectivity index (χ1v) is 11.9. The molecule has 5 rings (SSSR count). The third kappa shape index (κ3) is 4.62. The predicted octanol–water partition coefficient (Wildman–Crippen LogP) is 4.45. The van der Waals surface area contributed by atoms with E-state index in [1.54, 1.807) is 6.20 Å². The van der Waals surface area contributed by atoms with Crippen molar-refractivity contribution in [3.63, 3.8) is 0 Å². The van der Waals surface area contributed by atoms with Crippen LogP contribution in [0.1, 0.15) is 48.8 Å². The highest BCUT2D eigenvalue weighted by atomic mass is 35.5. The van der Waals surface area contributed by atoms with Crippen molar-refractivity contribution in [1.29, 1.82) is 0 Å². The van der Waals surface area contributed by atoms with Gasteiger partial charge in [0, 0.05) is 35.7 Å². The third-order valence-corrected chi connectivity index (χ3v) is 7.07. The Morgan fingerprint density at radius 1 is 1.15 bits per heavy atom. The van der Waals surface area contributed by atoms with Gasteiger partial charge in [0.05, 0.1) is 12.2 Å². The van der Waals surface area contributed by atoms with E-state index in [1.165, 1.54) is 5.56 Å². The summed E-state index contributed by atoms with van der Waals surface area (Å²) in [6.45, 7) is 0.599. The fourth-order valence-electron chi connectivity index (χ4n) is 5.07. The van der Waals surface area contributed by atoms with Crippen LogP contribution in [-0.2, 0) is 12.8 Å². The van der Waals surface area contributed by atoms with Crippen LogP contribution in [0.3, 0.4) is 0 Å². The number of terminal acetylenes is 1. The minimum atomic E-state index is 0.190. The molecular weight excluding hydrogens is 434 g/mol. The summed E-state index contributed by atoms with van der Waals surface area (Å²) < 4.78 is 8.37. The maximum absolute atomic E-state index is 6.38. The molecule has 0 spiro atoms. The minimum Gasteiger partial charge on any atom is -0.474 e. The average molecular weight is 462 g/mol. The lowest BCUT2D eigenvalue weighted by atomic mass is 9.86. The van der Waals surface area contributed by atoms with E-state index >= 15 is 0 Å². The molecule has 6 nitrogen and oxygen atoms in total. The quantitative estimate of drug-likeness (QED) is 0.525. The van der Waals surface area contributed by atoms with Crippen molar-refractivity contribution in [2.24, 2.45) is 0 Å². The van der Waals surface area contributed by atoms with E-state index in [0.29, 0.717) is 18.3 Å². The van der Waals surface area contributed by atoms with Crippen LogP contribution in [0, 0.1) is 12.3 Å². The molecule has 1 fully saturated rings. The predicted molar refractivity (Wildman–Crippen MR) is 129 cm³/mol. The number of ether oxygens (including phenoxy) is 1. The summed E-state index contributed by atoms with van der Waals surface area (Å²) in [5.74, 6) is 5.85. The lowest BCUT2D eigenvalue weighted by molar-refractivity contribution is 0.139. The van der Waals surface area contributed by atoms with Crippen molar-refractivity contribution in [3.8, 4) is 23.9 Å². The Bertz CT molecular complexity index is 1150. The second-order valence-electron chi connectivity index (χ2n) is 9.02. The number of fused-ring (bicyclic) bond motifs is 3. The zero-order valence-corrected chi connectivity index (χ0v) is 19.6. The molecule has 1 aliphatic carbocycles. The first-order chi connectivity index (χ1) is 16.1. The molecule has 7 heteroatoms. The molecule has 0 bridgehead atoms. The SMILES string of the molecule is C#CCN(C)[C@H]1Cc2cc(Cl)ccc2-n2c(nnc2C2CCC(Oc3ccccn3)CC2)C1. The monoisotopic (exact) mass is 461 g/mol. The molecule has 33 heavy (non-hydrogen) atoms. The minimum absolute atomic E-state index is 0.190. The Balaban J connectivity index is 1.40. The van der Waals surface area contributed by atoms with Gasteiger partial charge in [-0.05, 0) is 69.0 Å². The number of hydrogen-bond donors (Lipinski definition) is 0. The highest BCUT2D eigenvalue weighted by molar-refractivity contribution is 6.30. The molecule has 2 aromatic heterocycles. The summed E-state index contributed by atoms with van der Waals surface area (Å²) in [5, 5.41) is 10.1. The van der Waals surface area contributed by atoms with E-state index in [9.17, 15) is 0 Å². The molecule has 0 N–H and O–H groups in total. The van der Waals surface area contributed by atoms with Crippen molar-refractivity contribution in [2.75, 3.05) is 13.6 Å². The summed E-state index contributed by atoms with van der Waals surface area (Å²) in [7, 11) is 2.07. The lowest BCUT2D eigenvalue weighted by Gasteiger charge is -2.28. The summed E-state index contributed by atoms with van der Waals surface area (Å²) in [6.07, 6.45) is 13.2. The smallest absolute Gasteiger partial charge is 0.213 e. The van der Waals surface area contributed by atoms with Crippen LogP contribution in [0.15, 0.2) is 42.6 Å². The van der Waals surface area contributed by atoms with Gasteiger partial charge in [0.1, 0.15) is 17.8 Å². The van der Waals surface area contributed by atoms with Gasteiger partial charge in [0.2, 0.25) is 5.88 Å². The van der Waals surface area contributed by atoms with Crippen LogP contribution >= 0.6 is 11.6 Å². The molecule has 1 aliphatic heterocycles. The Kier molecular flexibility index (Phi) is 6.34. The van der Waals surface area contributed by atoms with E-state index in [-0.39, 0.29) is 12.1 Å². The van der Waals surface area contributed by atoms with Gasteiger partial charge < -0.3 is 4.74 Å². The zero-order chi connectivity index (χ0) is 22.8. The van der Waals surface area contributed by atoms with Crippen LogP contribution in [0.4, 0.5) is 0 Å². The van der Waals surface area contributed by atoms with E-state index in [0.717, 1.165) is 60.9 Å². The van der Waals surface area contributed by atoms with Gasteiger partial charge in [0.15, 0.2) is 0 Å². The number of halogens is 1. The van der Waals surface area contributed by atoms with Crippen molar-refractivity contribution in [2.45, 2.75) is 56.6 Å². The van der Waals surface area contributed by atoms with Gasteiger partial charge in [-0.1, -0.05) is 23.6 Å². The van der Waals surface area contributed by atoms with E-state index in [4.69, 9.17) is 27.9 Å². The summed E-state index contributed by atoms with van der Waals surface area (Å²) in [6, 6.07) is 12.2. The molecular formula is C26H28ClN5O. The molecule has 1 atom stereocenters. The second-order valence-corrected chi connectivity index (χ2v) is 9.46. The van der Waals surface area contributed by atoms with Crippen molar-refractivity contribution < 1.29 is 4.74 Å². The molecule has 0 amide bonds. The largest absolute Gasteiger partial charge is 0.474 e. The fourth-order valence-corrected chi connectivity index (χ4v) is 5.27. The van der Waals surface area contributed by atoms with Crippen LogP contribution in [0.25, 0.3) is 5.69 Å². The van der Waals surface area contributed by atoms with Gasteiger partial charge in [0.25, 0.3) is 0 Å². The standard InChI is InChI=1S/C26H28ClN5O/c1-3-14-31(2)21-16-19-15-20(27)9-12-23(19)32-24(17-21)29-30-26(32)18-7-10-22(11-8-18)33-25-6-4-5-13-28-25/h1,4-6,9,12-13,15,18,21-22H,7-8,10-11,14,16-17H2,2H3/t18?,21-,22?/m0/s1. The topological polar surface area (TPSA) is 56.1 Å². The molecule has 2 aliphatic rings. The molecule has 1 aromatic carbocycles. The first-order valence-electron chi connectivity index (χ1n) is 11.6. The van der Waals surface area contributed by atoms with Crippen molar-refractivity contribution in [1.82, 2.24) is 24.6 Å². The lowest BCUT2D eigenvalue weighted by Crippen LogP contribution is -2.35. The van der Waals surface area contributed by atoms with Gasteiger partial charge in [-0.15, -0.1) is 16.6 Å². The zero-order valence-electron chi connectivity index (χ0n) is 18.8. The van der Waals surface area contributed by atoms with E-state index in [2.05, 4.69) is 44.7 Å². The molecule has 3 heterocycles. The number of hydrogen-bond acceptors (Lipinski definition) is 5. The third-order valence-electron chi connectivity index (χ3n) is 6.84. The molecule has 170 valence electrons. The number of aromatic nitrogens is 4. The molecule has 3 aromatic rings. The summed E-state index contributed by atoms with van der Waals surface area (Å²) in [4.78, 5) is 6.52. The van der Waals surface area contributed by atoms with Crippen LogP contribution in [0.2, 0.25) is 5.02 Å². The number of likely N-dealkylation sites (N-methyl/N-ethyl adjacent to an activating group) is 1. The van der Waals surface area contributed by atoms with Crippen LogP contribution in [-0.4, -0.2) is 50.4 Å². The van der Waals surface area contributed by atoms with Gasteiger partial charge >= 0.3 is 0 Å². The number of nitrogens with zero attached hydrogens (tertiary/aromatic N) is 5. The van der Waals surface area contributed by atoms with E-state index in [1.807, 2.05) is 24.3 Å². The number of benzene rings is 1. The average Bonchev–Trinajstić information content (AvgIpc) is 3.16. The highest BCUT2D eigenvalue weighted by Gasteiger charge is 2.32. The molecule has 0 radical (unpaired) electrons. The Morgan fingerprint density at radius 2 is 2.00 bits per heavy atom. The molecule has 1 saturated carbocycles.